The van der Waals surface area contributed by atoms with Crippen LogP contribution in [0.1, 0.15) is 18.1 Å². The van der Waals surface area contributed by atoms with Crippen LogP contribution in [0.2, 0.25) is 0 Å². The molecule has 4 heteroatoms. The second-order valence-electron chi connectivity index (χ2n) is 4.65. The lowest BCUT2D eigenvalue weighted by Crippen LogP contribution is -2.22. The van der Waals surface area contributed by atoms with Gasteiger partial charge >= 0.3 is 0 Å². The Morgan fingerprint density at radius 3 is 2.40 bits per heavy atom. The first-order valence-corrected chi connectivity index (χ1v) is 6.51. The van der Waals surface area contributed by atoms with Gasteiger partial charge in [0.1, 0.15) is 11.7 Å². The molecule has 0 aliphatic heterocycles. The molecule has 0 amide bonds. The number of anilines is 2. The number of hydrogen-bond donors (Lipinski definition) is 2. The Bertz CT molecular complexity index is 620. The number of halogens is 1. The van der Waals surface area contributed by atoms with Crippen LogP contribution in [0.5, 0.6) is 0 Å². The number of nitrogens with zero attached hydrogens (tertiary/aromatic N) is 1. The molecule has 3 N–H and O–H groups in total. The Hall–Kier alpha value is -2.36. The van der Waals surface area contributed by atoms with Gasteiger partial charge in [0.25, 0.3) is 0 Å². The lowest BCUT2D eigenvalue weighted by molar-refractivity contribution is 0.628. The second kappa shape index (κ2) is 5.74. The van der Waals surface area contributed by atoms with Crippen molar-refractivity contribution in [3.05, 3.63) is 59.4 Å². The number of amidine groups is 1. The van der Waals surface area contributed by atoms with Crippen molar-refractivity contribution in [3.63, 3.8) is 0 Å². The lowest BCUT2D eigenvalue weighted by atomic mass is 10.1. The summed E-state index contributed by atoms with van der Waals surface area (Å²) in [7, 11) is 0. The van der Waals surface area contributed by atoms with Crippen LogP contribution >= 0.6 is 0 Å². The van der Waals surface area contributed by atoms with Gasteiger partial charge in [0, 0.05) is 17.8 Å². The van der Waals surface area contributed by atoms with E-state index in [0.717, 1.165) is 16.9 Å². The Kier molecular flexibility index (Phi) is 4.03. The number of benzene rings is 2. The van der Waals surface area contributed by atoms with Gasteiger partial charge in [0.15, 0.2) is 0 Å². The molecule has 0 spiro atoms. The number of aryl methyl sites for hydroxylation is 1. The number of nitrogens with two attached hydrogens (primary N) is 1. The Morgan fingerprint density at radius 1 is 1.20 bits per heavy atom. The molecule has 104 valence electrons. The van der Waals surface area contributed by atoms with Gasteiger partial charge in [-0.05, 0) is 50.2 Å². The molecule has 3 nitrogen and oxygen atoms in total. The number of nitrogens with one attached hydrogen (secondary N) is 1. The highest BCUT2D eigenvalue weighted by molar-refractivity contribution is 6.01. The van der Waals surface area contributed by atoms with Crippen LogP contribution in [-0.2, 0) is 0 Å². The Morgan fingerprint density at radius 2 is 1.85 bits per heavy atom. The van der Waals surface area contributed by atoms with Crippen LogP contribution in [0.4, 0.5) is 15.8 Å². The van der Waals surface area contributed by atoms with E-state index in [1.807, 2.05) is 36.9 Å². The molecule has 0 aliphatic rings. The van der Waals surface area contributed by atoms with E-state index in [2.05, 4.69) is 0 Å². The molecule has 0 saturated heterocycles. The first-order valence-electron chi connectivity index (χ1n) is 6.51. The smallest absolute Gasteiger partial charge is 0.124 e. The highest BCUT2D eigenvalue weighted by atomic mass is 19.1. The normalized spacial score (nSPS) is 10.3. The summed E-state index contributed by atoms with van der Waals surface area (Å²) in [6.45, 7) is 4.67. The monoisotopic (exact) mass is 271 g/mol. The minimum atomic E-state index is -0.263. The van der Waals surface area contributed by atoms with Gasteiger partial charge in [-0.15, -0.1) is 0 Å². The molecule has 2 aromatic carbocycles. The third-order valence-electron chi connectivity index (χ3n) is 3.19. The van der Waals surface area contributed by atoms with E-state index < -0.39 is 0 Å². The van der Waals surface area contributed by atoms with Crippen LogP contribution in [0.3, 0.4) is 0 Å². The van der Waals surface area contributed by atoms with E-state index in [0.29, 0.717) is 12.1 Å². The van der Waals surface area contributed by atoms with E-state index in [1.165, 1.54) is 12.1 Å². The summed E-state index contributed by atoms with van der Waals surface area (Å²) in [6.07, 6.45) is 0. The Labute approximate surface area is 118 Å². The molecule has 0 atom stereocenters. The van der Waals surface area contributed by atoms with Crippen LogP contribution in [0, 0.1) is 18.2 Å². The quantitative estimate of drug-likeness (QED) is 0.659. The summed E-state index contributed by atoms with van der Waals surface area (Å²) >= 11 is 0. The van der Waals surface area contributed by atoms with Gasteiger partial charge in [0.05, 0.1) is 5.69 Å². The molecule has 0 heterocycles. The van der Waals surface area contributed by atoms with E-state index in [-0.39, 0.29) is 11.7 Å². The minimum Gasteiger partial charge on any atom is -0.384 e. The number of hydrogen-bond acceptors (Lipinski definition) is 2. The zero-order valence-electron chi connectivity index (χ0n) is 11.7. The summed E-state index contributed by atoms with van der Waals surface area (Å²) in [5, 5.41) is 7.73. The van der Waals surface area contributed by atoms with Crippen LogP contribution < -0.4 is 10.6 Å². The van der Waals surface area contributed by atoms with Gasteiger partial charge in [0.2, 0.25) is 0 Å². The molecule has 2 aromatic rings. The molecule has 0 bridgehead atoms. The van der Waals surface area contributed by atoms with Crippen molar-refractivity contribution in [2.45, 2.75) is 13.8 Å². The van der Waals surface area contributed by atoms with Crippen molar-refractivity contribution in [2.75, 3.05) is 11.4 Å². The minimum absolute atomic E-state index is 0.0317. The lowest BCUT2D eigenvalue weighted by Gasteiger charge is -2.26. The molecule has 0 unspecified atom stereocenters. The van der Waals surface area contributed by atoms with Crippen molar-refractivity contribution in [1.82, 2.24) is 0 Å². The molecule has 20 heavy (non-hydrogen) atoms. The predicted molar refractivity (Wildman–Crippen MR) is 81.3 cm³/mol. The van der Waals surface area contributed by atoms with Crippen molar-refractivity contribution >= 4 is 17.2 Å². The van der Waals surface area contributed by atoms with Gasteiger partial charge in [-0.3, -0.25) is 5.41 Å². The van der Waals surface area contributed by atoms with Crippen LogP contribution in [0.15, 0.2) is 42.5 Å². The first-order chi connectivity index (χ1) is 9.52. The summed E-state index contributed by atoms with van der Waals surface area (Å²) < 4.78 is 13.0. The summed E-state index contributed by atoms with van der Waals surface area (Å²) in [5.41, 5.74) is 9.15. The fourth-order valence-electron chi connectivity index (χ4n) is 2.21. The first kappa shape index (κ1) is 14.1. The SMILES string of the molecule is CCN(c1ccc(F)cc1)c1ccc(C)cc1C(=N)N. The molecule has 0 radical (unpaired) electrons. The summed E-state index contributed by atoms with van der Waals surface area (Å²) in [6, 6.07) is 12.1. The number of nitrogen functional groups attached to an aromatic ring is 1. The standard InChI is InChI=1S/C16H18FN3/c1-3-20(13-7-5-12(17)6-8-13)15-9-4-11(2)10-14(15)16(18)19/h4-10H,3H2,1-2H3,(H3,18,19). The summed E-state index contributed by atoms with van der Waals surface area (Å²) in [4.78, 5) is 2.01. The molecular weight excluding hydrogens is 253 g/mol. The van der Waals surface area contributed by atoms with Crippen molar-refractivity contribution in [3.8, 4) is 0 Å². The third kappa shape index (κ3) is 2.79. The molecular formula is C16H18FN3. The average molecular weight is 271 g/mol. The highest BCUT2D eigenvalue weighted by Crippen LogP contribution is 2.29. The van der Waals surface area contributed by atoms with Gasteiger partial charge < -0.3 is 10.6 Å². The van der Waals surface area contributed by atoms with Gasteiger partial charge in [-0.1, -0.05) is 11.6 Å². The topological polar surface area (TPSA) is 53.1 Å². The Balaban J connectivity index is 2.51. The van der Waals surface area contributed by atoms with E-state index in [4.69, 9.17) is 11.1 Å². The molecule has 0 aromatic heterocycles. The fourth-order valence-corrected chi connectivity index (χ4v) is 2.21. The van der Waals surface area contributed by atoms with E-state index in [9.17, 15) is 4.39 Å². The maximum absolute atomic E-state index is 13.0. The second-order valence-corrected chi connectivity index (χ2v) is 4.65. The fraction of sp³-hybridized carbons (Fsp3) is 0.188. The highest BCUT2D eigenvalue weighted by Gasteiger charge is 2.13. The van der Waals surface area contributed by atoms with Crippen molar-refractivity contribution in [1.29, 1.82) is 5.41 Å². The van der Waals surface area contributed by atoms with Crippen molar-refractivity contribution < 1.29 is 4.39 Å². The van der Waals surface area contributed by atoms with Gasteiger partial charge in [-0.2, -0.15) is 0 Å². The zero-order valence-corrected chi connectivity index (χ0v) is 11.7. The summed E-state index contributed by atoms with van der Waals surface area (Å²) in [5.74, 6) is -0.232. The largest absolute Gasteiger partial charge is 0.384 e. The van der Waals surface area contributed by atoms with Crippen LogP contribution in [-0.4, -0.2) is 12.4 Å². The van der Waals surface area contributed by atoms with E-state index in [1.54, 1.807) is 12.1 Å². The van der Waals surface area contributed by atoms with E-state index >= 15 is 0 Å². The predicted octanol–water partition coefficient (Wildman–Crippen LogP) is 3.58. The van der Waals surface area contributed by atoms with Crippen LogP contribution in [0.25, 0.3) is 0 Å². The van der Waals surface area contributed by atoms with Gasteiger partial charge in [-0.25, -0.2) is 4.39 Å². The number of rotatable bonds is 4. The van der Waals surface area contributed by atoms with Crippen molar-refractivity contribution in [2.24, 2.45) is 5.73 Å². The molecule has 0 fully saturated rings. The average Bonchev–Trinajstić information content (AvgIpc) is 2.43. The zero-order chi connectivity index (χ0) is 14.7. The third-order valence-corrected chi connectivity index (χ3v) is 3.19. The molecule has 0 aliphatic carbocycles. The molecule has 0 saturated carbocycles. The maximum Gasteiger partial charge on any atom is 0.124 e. The molecule has 2 rings (SSSR count). The maximum atomic E-state index is 13.0.